The van der Waals surface area contributed by atoms with Gasteiger partial charge in [0.05, 0.1) is 5.41 Å². The van der Waals surface area contributed by atoms with Crippen molar-refractivity contribution >= 4 is 22.6 Å². The highest BCUT2D eigenvalue weighted by atomic mass is 16.4. The number of fused-ring (bicyclic) bond motifs is 1. The molecule has 1 aromatic heterocycles. The van der Waals surface area contributed by atoms with Gasteiger partial charge >= 0.3 is 5.97 Å². The number of benzene rings is 3. The fraction of sp³-hybridized carbons (Fsp3) is 0.367. The van der Waals surface area contributed by atoms with E-state index in [2.05, 4.69) is 57.9 Å². The number of rotatable bonds is 12. The molecule has 0 fully saturated rings. The summed E-state index contributed by atoms with van der Waals surface area (Å²) in [5.41, 5.74) is 3.03. The molecule has 0 aliphatic carbocycles. The topological polar surface area (TPSA) is 112 Å². The van der Waals surface area contributed by atoms with Gasteiger partial charge in [0, 0.05) is 25.1 Å². The summed E-state index contributed by atoms with van der Waals surface area (Å²) in [5, 5.41) is 26.4. The van der Waals surface area contributed by atoms with E-state index in [0.29, 0.717) is 31.6 Å². The molecule has 198 valence electrons. The average molecular weight is 514 g/mol. The molecule has 4 aromatic rings. The Morgan fingerprint density at radius 2 is 1.66 bits per heavy atom. The summed E-state index contributed by atoms with van der Waals surface area (Å²) in [7, 11) is 0. The lowest BCUT2D eigenvalue weighted by atomic mass is 9.81. The van der Waals surface area contributed by atoms with Gasteiger partial charge in [-0.3, -0.25) is 9.59 Å². The second kappa shape index (κ2) is 12.0. The van der Waals surface area contributed by atoms with Gasteiger partial charge in [0.15, 0.2) is 5.82 Å². The van der Waals surface area contributed by atoms with Gasteiger partial charge in [0.2, 0.25) is 5.91 Å². The third-order valence-corrected chi connectivity index (χ3v) is 7.51. The van der Waals surface area contributed by atoms with Crippen molar-refractivity contribution in [2.45, 2.75) is 59.4 Å². The number of carboxylic acids is 1. The normalized spacial score (nSPS) is 11.6. The van der Waals surface area contributed by atoms with Gasteiger partial charge in [-0.05, 0) is 69.3 Å². The zero-order valence-corrected chi connectivity index (χ0v) is 22.3. The minimum absolute atomic E-state index is 0.00772. The summed E-state index contributed by atoms with van der Waals surface area (Å²) >= 11 is 0. The minimum atomic E-state index is -0.944. The van der Waals surface area contributed by atoms with E-state index in [0.717, 1.165) is 45.9 Å². The highest BCUT2D eigenvalue weighted by Gasteiger charge is 2.38. The van der Waals surface area contributed by atoms with E-state index in [4.69, 9.17) is 0 Å². The Morgan fingerprint density at radius 1 is 0.947 bits per heavy atom. The molecule has 1 heterocycles. The summed E-state index contributed by atoms with van der Waals surface area (Å²) in [4.78, 5) is 27.1. The first-order valence-electron chi connectivity index (χ1n) is 13.3. The zero-order valence-electron chi connectivity index (χ0n) is 22.3. The van der Waals surface area contributed by atoms with Crippen LogP contribution in [0.25, 0.3) is 33.3 Å². The first kappa shape index (κ1) is 27.0. The lowest BCUT2D eigenvalue weighted by Crippen LogP contribution is -2.44. The number of nitrogens with one attached hydrogen (secondary N) is 1. The molecule has 0 atom stereocenters. The number of aromatic nitrogens is 4. The molecule has 8 heteroatoms. The van der Waals surface area contributed by atoms with Gasteiger partial charge in [0.25, 0.3) is 0 Å². The van der Waals surface area contributed by atoms with Crippen molar-refractivity contribution in [3.05, 3.63) is 66.2 Å². The molecule has 4 rings (SSSR count). The molecule has 0 spiro atoms. The van der Waals surface area contributed by atoms with Crippen LogP contribution in [0.5, 0.6) is 0 Å². The van der Waals surface area contributed by atoms with Crippen molar-refractivity contribution < 1.29 is 14.7 Å². The maximum Gasteiger partial charge on any atom is 0.311 e. The number of aliphatic carboxylic acids is 1. The smallest absolute Gasteiger partial charge is 0.311 e. The van der Waals surface area contributed by atoms with E-state index in [1.807, 2.05) is 44.2 Å². The van der Waals surface area contributed by atoms with Crippen LogP contribution < -0.4 is 0 Å². The largest absolute Gasteiger partial charge is 0.481 e. The molecule has 38 heavy (non-hydrogen) atoms. The molecule has 2 N–H and O–H groups in total. The van der Waals surface area contributed by atoms with Gasteiger partial charge in [-0.1, -0.05) is 75.7 Å². The van der Waals surface area contributed by atoms with Crippen LogP contribution in [0, 0.1) is 5.41 Å². The predicted octanol–water partition coefficient (Wildman–Crippen LogP) is 6.10. The van der Waals surface area contributed by atoms with E-state index in [-0.39, 0.29) is 12.5 Å². The quantitative estimate of drug-likeness (QED) is 0.237. The Hall–Kier alpha value is -4.07. The van der Waals surface area contributed by atoms with Crippen LogP contribution in [-0.4, -0.2) is 49.1 Å². The van der Waals surface area contributed by atoms with Crippen LogP contribution in [0.4, 0.5) is 0 Å². The molecule has 1 amide bonds. The molecular weight excluding hydrogens is 478 g/mol. The van der Waals surface area contributed by atoms with Crippen molar-refractivity contribution in [2.24, 2.45) is 5.41 Å². The number of carbonyl (C=O) groups excluding carboxylic acids is 1. The maximum atomic E-state index is 13.1. The van der Waals surface area contributed by atoms with E-state index < -0.39 is 11.4 Å². The van der Waals surface area contributed by atoms with Crippen LogP contribution >= 0.6 is 0 Å². The first-order valence-corrected chi connectivity index (χ1v) is 13.3. The fourth-order valence-corrected chi connectivity index (χ4v) is 4.92. The second-order valence-corrected chi connectivity index (χ2v) is 9.84. The highest BCUT2D eigenvalue weighted by molar-refractivity contribution is 5.91. The first-order chi connectivity index (χ1) is 18.4. The van der Waals surface area contributed by atoms with Gasteiger partial charge in [0.1, 0.15) is 0 Å². The minimum Gasteiger partial charge on any atom is -0.481 e. The SMILES string of the molecule is CCCCC(=O)N(Cc1ccc2cc(-c3ccccc3-c3nnn[nH]3)ccc2c1)CC(CC)(CC)C(=O)O. The molecule has 0 unspecified atom stereocenters. The number of unbranched alkanes of at least 4 members (excludes halogenated alkanes) is 1. The Bertz CT molecular complexity index is 1400. The van der Waals surface area contributed by atoms with Gasteiger partial charge in [-0.25, -0.2) is 5.10 Å². The van der Waals surface area contributed by atoms with Crippen LogP contribution in [0.1, 0.15) is 58.4 Å². The third kappa shape index (κ3) is 5.74. The molecule has 3 aromatic carbocycles. The van der Waals surface area contributed by atoms with Crippen molar-refractivity contribution in [2.75, 3.05) is 6.54 Å². The number of aromatic amines is 1. The van der Waals surface area contributed by atoms with Crippen molar-refractivity contribution in [3.8, 4) is 22.5 Å². The molecule has 8 nitrogen and oxygen atoms in total. The molecule has 0 bridgehead atoms. The second-order valence-electron chi connectivity index (χ2n) is 9.84. The number of hydrogen-bond acceptors (Lipinski definition) is 5. The fourth-order valence-electron chi connectivity index (χ4n) is 4.92. The maximum absolute atomic E-state index is 13.1. The van der Waals surface area contributed by atoms with Gasteiger partial charge < -0.3 is 10.0 Å². The molecule has 0 aliphatic rings. The van der Waals surface area contributed by atoms with E-state index in [1.54, 1.807) is 4.90 Å². The summed E-state index contributed by atoms with van der Waals surface area (Å²) in [6.07, 6.45) is 3.08. The Morgan fingerprint density at radius 3 is 2.32 bits per heavy atom. The zero-order chi connectivity index (χ0) is 27.1. The van der Waals surface area contributed by atoms with Crippen LogP contribution in [0.15, 0.2) is 60.7 Å². The Kier molecular flexibility index (Phi) is 8.51. The number of H-pyrrole nitrogens is 1. The molecule has 0 saturated heterocycles. The average Bonchev–Trinajstić information content (AvgIpc) is 3.48. The van der Waals surface area contributed by atoms with Gasteiger partial charge in [-0.15, -0.1) is 5.10 Å². The van der Waals surface area contributed by atoms with Crippen LogP contribution in [-0.2, 0) is 16.1 Å². The van der Waals surface area contributed by atoms with Crippen LogP contribution in [0.2, 0.25) is 0 Å². The van der Waals surface area contributed by atoms with Crippen molar-refractivity contribution in [1.29, 1.82) is 0 Å². The van der Waals surface area contributed by atoms with Gasteiger partial charge in [-0.2, -0.15) is 0 Å². The summed E-state index contributed by atoms with van der Waals surface area (Å²) in [5.74, 6) is -0.225. The van der Waals surface area contributed by atoms with Crippen molar-refractivity contribution in [3.63, 3.8) is 0 Å². The highest BCUT2D eigenvalue weighted by Crippen LogP contribution is 2.33. The van der Waals surface area contributed by atoms with E-state index >= 15 is 0 Å². The molecular formula is C30H35N5O3. The van der Waals surface area contributed by atoms with Crippen molar-refractivity contribution in [1.82, 2.24) is 25.5 Å². The number of amides is 1. The molecule has 0 radical (unpaired) electrons. The van der Waals surface area contributed by atoms with E-state index in [9.17, 15) is 14.7 Å². The summed E-state index contributed by atoms with van der Waals surface area (Å²) in [6, 6.07) is 20.4. The van der Waals surface area contributed by atoms with E-state index in [1.165, 1.54) is 0 Å². The number of nitrogens with zero attached hydrogens (tertiary/aromatic N) is 4. The standard InChI is InChI=1S/C30H35N5O3/c1-4-7-12-27(36)35(20-30(5-2,6-3)29(37)38)19-21-13-14-23-18-24(16-15-22(23)17-21)25-10-8-9-11-26(25)28-31-33-34-32-28/h8-11,13-18H,4-7,12,19-20H2,1-3H3,(H,37,38)(H,31,32,33,34). The number of carbonyl (C=O) groups is 2. The van der Waals surface area contributed by atoms with Crippen LogP contribution in [0.3, 0.4) is 0 Å². The Balaban J connectivity index is 1.63. The number of carboxylic acid groups (broad SMARTS) is 1. The monoisotopic (exact) mass is 513 g/mol. The predicted molar refractivity (Wildman–Crippen MR) is 148 cm³/mol. The third-order valence-electron chi connectivity index (χ3n) is 7.51. The Labute approximate surface area is 223 Å². The number of hydrogen-bond donors (Lipinski definition) is 2. The lowest BCUT2D eigenvalue weighted by Gasteiger charge is -2.34. The lowest BCUT2D eigenvalue weighted by molar-refractivity contribution is -0.152. The summed E-state index contributed by atoms with van der Waals surface area (Å²) in [6.45, 7) is 6.42. The summed E-state index contributed by atoms with van der Waals surface area (Å²) < 4.78 is 0. The number of tetrazole rings is 1. The molecule has 0 aliphatic heterocycles. The molecule has 0 saturated carbocycles.